The SMILES string of the molecule is CN(Cc1cnn(-c2ccccc2)c1)C(=O)NCc1ccc(N2CCCC2)nc1. The summed E-state index contributed by atoms with van der Waals surface area (Å²) in [5.74, 6) is 1.02. The molecular weight excluding hydrogens is 364 g/mol. The van der Waals surface area contributed by atoms with Crippen LogP contribution in [0.2, 0.25) is 0 Å². The number of urea groups is 1. The number of rotatable bonds is 6. The molecule has 7 heteroatoms. The first-order valence-electron chi connectivity index (χ1n) is 9.97. The number of anilines is 1. The molecule has 0 atom stereocenters. The van der Waals surface area contributed by atoms with E-state index < -0.39 is 0 Å². The van der Waals surface area contributed by atoms with Crippen molar-refractivity contribution in [2.45, 2.75) is 25.9 Å². The second-order valence-corrected chi connectivity index (χ2v) is 7.36. The van der Waals surface area contributed by atoms with Crippen LogP contribution in [-0.2, 0) is 13.1 Å². The minimum Gasteiger partial charge on any atom is -0.357 e. The molecule has 1 aliphatic rings. The second-order valence-electron chi connectivity index (χ2n) is 7.36. The van der Waals surface area contributed by atoms with Crippen molar-refractivity contribution in [1.29, 1.82) is 0 Å². The molecule has 1 fully saturated rings. The van der Waals surface area contributed by atoms with Gasteiger partial charge in [-0.2, -0.15) is 5.10 Å². The van der Waals surface area contributed by atoms with Crippen molar-refractivity contribution in [2.75, 3.05) is 25.0 Å². The minimum atomic E-state index is -0.124. The van der Waals surface area contributed by atoms with Gasteiger partial charge in [0, 0.05) is 44.6 Å². The van der Waals surface area contributed by atoms with E-state index in [2.05, 4.69) is 20.3 Å². The average molecular weight is 390 g/mol. The summed E-state index contributed by atoms with van der Waals surface area (Å²) < 4.78 is 1.81. The molecule has 3 heterocycles. The molecule has 0 unspecified atom stereocenters. The Labute approximate surface area is 171 Å². The molecule has 0 radical (unpaired) electrons. The van der Waals surface area contributed by atoms with Crippen LogP contribution in [0.1, 0.15) is 24.0 Å². The number of para-hydroxylation sites is 1. The zero-order chi connectivity index (χ0) is 20.1. The second kappa shape index (κ2) is 8.77. The molecule has 0 bridgehead atoms. The van der Waals surface area contributed by atoms with Gasteiger partial charge in [0.05, 0.1) is 18.4 Å². The number of hydrogen-bond donors (Lipinski definition) is 1. The number of carbonyl (C=O) groups excluding carboxylic acids is 1. The van der Waals surface area contributed by atoms with E-state index in [-0.39, 0.29) is 6.03 Å². The zero-order valence-corrected chi connectivity index (χ0v) is 16.7. The number of amides is 2. The van der Waals surface area contributed by atoms with Crippen LogP contribution in [0.5, 0.6) is 0 Å². The third-order valence-electron chi connectivity index (χ3n) is 5.11. The third kappa shape index (κ3) is 4.74. The number of aromatic nitrogens is 3. The number of benzene rings is 1. The Kier molecular flexibility index (Phi) is 5.74. The Balaban J connectivity index is 1.28. The zero-order valence-electron chi connectivity index (χ0n) is 16.7. The molecule has 0 saturated carbocycles. The lowest BCUT2D eigenvalue weighted by Crippen LogP contribution is -2.36. The van der Waals surface area contributed by atoms with Crippen molar-refractivity contribution in [2.24, 2.45) is 0 Å². The number of nitrogens with zero attached hydrogens (tertiary/aromatic N) is 5. The number of carbonyl (C=O) groups is 1. The first-order valence-corrected chi connectivity index (χ1v) is 9.97. The summed E-state index contributed by atoms with van der Waals surface area (Å²) in [6.07, 6.45) is 8.04. The standard InChI is InChI=1S/C22H26N6O/c1-26(16-19-15-25-28(17-19)20-7-3-2-4-8-20)22(29)24-14-18-9-10-21(23-13-18)27-11-5-6-12-27/h2-4,7-10,13,15,17H,5-6,11-12,14,16H2,1H3,(H,24,29). The summed E-state index contributed by atoms with van der Waals surface area (Å²) in [4.78, 5) is 20.9. The van der Waals surface area contributed by atoms with Gasteiger partial charge in [0.2, 0.25) is 0 Å². The molecule has 150 valence electrons. The predicted molar refractivity (Wildman–Crippen MR) is 113 cm³/mol. The molecule has 2 amide bonds. The molecule has 4 rings (SSSR count). The molecule has 7 nitrogen and oxygen atoms in total. The van der Waals surface area contributed by atoms with Gasteiger partial charge in [-0.15, -0.1) is 0 Å². The van der Waals surface area contributed by atoms with Crippen molar-refractivity contribution in [3.05, 3.63) is 72.2 Å². The normalized spacial score (nSPS) is 13.5. The van der Waals surface area contributed by atoms with E-state index in [1.807, 2.05) is 59.5 Å². The van der Waals surface area contributed by atoms with Gasteiger partial charge < -0.3 is 15.1 Å². The predicted octanol–water partition coefficient (Wildman–Crippen LogP) is 3.21. The quantitative estimate of drug-likeness (QED) is 0.702. The van der Waals surface area contributed by atoms with E-state index in [0.717, 1.165) is 35.7 Å². The summed E-state index contributed by atoms with van der Waals surface area (Å²) in [5.41, 5.74) is 2.96. The Morgan fingerprint density at radius 1 is 1.07 bits per heavy atom. The van der Waals surface area contributed by atoms with Crippen LogP contribution in [-0.4, -0.2) is 45.8 Å². The maximum atomic E-state index is 12.4. The molecule has 1 aromatic carbocycles. The van der Waals surface area contributed by atoms with Crippen LogP contribution < -0.4 is 10.2 Å². The summed E-state index contributed by atoms with van der Waals surface area (Å²) >= 11 is 0. The van der Waals surface area contributed by atoms with Gasteiger partial charge in [-0.3, -0.25) is 0 Å². The fourth-order valence-electron chi connectivity index (χ4n) is 3.48. The lowest BCUT2D eigenvalue weighted by molar-refractivity contribution is 0.206. The summed E-state index contributed by atoms with van der Waals surface area (Å²) in [7, 11) is 1.78. The van der Waals surface area contributed by atoms with Crippen molar-refractivity contribution in [1.82, 2.24) is 25.0 Å². The van der Waals surface area contributed by atoms with Crippen molar-refractivity contribution >= 4 is 11.8 Å². The maximum Gasteiger partial charge on any atom is 0.317 e. The molecule has 0 aliphatic carbocycles. The Morgan fingerprint density at radius 2 is 1.86 bits per heavy atom. The largest absolute Gasteiger partial charge is 0.357 e. The van der Waals surface area contributed by atoms with E-state index in [9.17, 15) is 4.79 Å². The molecule has 29 heavy (non-hydrogen) atoms. The van der Waals surface area contributed by atoms with E-state index in [1.54, 1.807) is 18.1 Å². The van der Waals surface area contributed by atoms with E-state index in [1.165, 1.54) is 12.8 Å². The summed E-state index contributed by atoms with van der Waals surface area (Å²) in [5, 5.41) is 7.33. The molecule has 1 saturated heterocycles. The monoisotopic (exact) mass is 390 g/mol. The Morgan fingerprint density at radius 3 is 2.59 bits per heavy atom. The Bertz CT molecular complexity index is 931. The van der Waals surface area contributed by atoms with Crippen LogP contribution >= 0.6 is 0 Å². The average Bonchev–Trinajstić information content (AvgIpc) is 3.45. The molecular formula is C22H26N6O. The Hall–Kier alpha value is -3.35. The molecule has 2 aromatic heterocycles. The molecule has 3 aromatic rings. The fraction of sp³-hybridized carbons (Fsp3) is 0.318. The smallest absolute Gasteiger partial charge is 0.317 e. The van der Waals surface area contributed by atoms with Gasteiger partial charge >= 0.3 is 6.03 Å². The number of hydrogen-bond acceptors (Lipinski definition) is 4. The van der Waals surface area contributed by atoms with Crippen molar-refractivity contribution in [3.63, 3.8) is 0 Å². The highest BCUT2D eigenvalue weighted by Gasteiger charge is 2.14. The van der Waals surface area contributed by atoms with Crippen LogP contribution in [0.4, 0.5) is 10.6 Å². The van der Waals surface area contributed by atoms with Gasteiger partial charge in [0.25, 0.3) is 0 Å². The maximum absolute atomic E-state index is 12.4. The van der Waals surface area contributed by atoms with Crippen molar-refractivity contribution < 1.29 is 4.79 Å². The van der Waals surface area contributed by atoms with E-state index in [0.29, 0.717) is 13.1 Å². The third-order valence-corrected chi connectivity index (χ3v) is 5.11. The van der Waals surface area contributed by atoms with Crippen LogP contribution in [0.15, 0.2) is 61.1 Å². The van der Waals surface area contributed by atoms with Crippen LogP contribution in [0.25, 0.3) is 5.69 Å². The van der Waals surface area contributed by atoms with Crippen LogP contribution in [0, 0.1) is 0 Å². The van der Waals surface area contributed by atoms with Crippen LogP contribution in [0.3, 0.4) is 0 Å². The van der Waals surface area contributed by atoms with Gasteiger partial charge in [-0.25, -0.2) is 14.5 Å². The van der Waals surface area contributed by atoms with Crippen molar-refractivity contribution in [3.8, 4) is 5.69 Å². The summed E-state index contributed by atoms with van der Waals surface area (Å²) in [6, 6.07) is 13.9. The summed E-state index contributed by atoms with van der Waals surface area (Å²) in [6.45, 7) is 3.11. The van der Waals surface area contributed by atoms with Gasteiger partial charge in [-0.1, -0.05) is 24.3 Å². The van der Waals surface area contributed by atoms with Gasteiger partial charge in [0.1, 0.15) is 5.82 Å². The molecule has 0 spiro atoms. The number of nitrogens with one attached hydrogen (secondary N) is 1. The van der Waals surface area contributed by atoms with Gasteiger partial charge in [-0.05, 0) is 36.6 Å². The highest BCUT2D eigenvalue weighted by Crippen LogP contribution is 2.17. The first-order chi connectivity index (χ1) is 14.2. The number of pyridine rings is 1. The lowest BCUT2D eigenvalue weighted by Gasteiger charge is -2.18. The fourth-order valence-corrected chi connectivity index (χ4v) is 3.48. The van der Waals surface area contributed by atoms with Gasteiger partial charge in [0.15, 0.2) is 0 Å². The first kappa shape index (κ1) is 19.0. The minimum absolute atomic E-state index is 0.124. The molecule has 1 N–H and O–H groups in total. The van der Waals surface area contributed by atoms with E-state index >= 15 is 0 Å². The molecule has 1 aliphatic heterocycles. The highest BCUT2D eigenvalue weighted by atomic mass is 16.2. The highest BCUT2D eigenvalue weighted by molar-refractivity contribution is 5.73. The topological polar surface area (TPSA) is 66.3 Å². The van der Waals surface area contributed by atoms with E-state index in [4.69, 9.17) is 0 Å². The lowest BCUT2D eigenvalue weighted by atomic mass is 10.2.